The maximum Gasteiger partial charge on any atom is 0.306 e. The number of rotatable bonds is 8. The van der Waals surface area contributed by atoms with Crippen molar-refractivity contribution in [1.29, 1.82) is 0 Å². The zero-order chi connectivity index (χ0) is 24.5. The summed E-state index contributed by atoms with van der Waals surface area (Å²) in [7, 11) is 1.85. The predicted octanol–water partition coefficient (Wildman–Crippen LogP) is 3.42. The maximum absolute atomic E-state index is 11.5. The fraction of sp³-hybridized carbons (Fsp3) is 0.520. The molecule has 0 aromatic carbocycles. The van der Waals surface area contributed by atoms with E-state index < -0.39 is 5.97 Å². The predicted molar refractivity (Wildman–Crippen MR) is 129 cm³/mol. The summed E-state index contributed by atoms with van der Waals surface area (Å²) in [4.78, 5) is 25.1. The number of aromatic nitrogens is 6. The summed E-state index contributed by atoms with van der Waals surface area (Å²) in [5.74, 6) is 1.08. The molecule has 2 aliphatic carbocycles. The minimum absolute atomic E-state index is 0.0358. The Kier molecular flexibility index (Phi) is 6.36. The number of fused-ring (bicyclic) bond motifs is 1. The number of pyridine rings is 1. The van der Waals surface area contributed by atoms with Crippen LogP contribution in [0.2, 0.25) is 0 Å². The SMILES string of the molecule is CCc1ccnc(NCc2c(-c3ccc(OC4CC5CCC(C(=O)O)C5C4)c(C)n3)nnn2C)n1. The van der Waals surface area contributed by atoms with Gasteiger partial charge in [-0.2, -0.15) is 0 Å². The number of carboxylic acid groups (broad SMARTS) is 1. The molecule has 0 aliphatic heterocycles. The zero-order valence-electron chi connectivity index (χ0n) is 20.3. The van der Waals surface area contributed by atoms with Crippen molar-refractivity contribution in [3.63, 3.8) is 0 Å². The zero-order valence-corrected chi connectivity index (χ0v) is 20.3. The molecule has 0 saturated heterocycles. The van der Waals surface area contributed by atoms with Gasteiger partial charge in [0.2, 0.25) is 5.95 Å². The topological polar surface area (TPSA) is 128 Å². The van der Waals surface area contributed by atoms with Crippen LogP contribution in [0.15, 0.2) is 24.4 Å². The average Bonchev–Trinajstić information content (AvgIpc) is 3.53. The first-order valence-electron chi connectivity index (χ1n) is 12.2. The van der Waals surface area contributed by atoms with Crippen LogP contribution in [-0.4, -0.2) is 47.1 Å². The van der Waals surface area contributed by atoms with E-state index in [4.69, 9.17) is 9.72 Å². The summed E-state index contributed by atoms with van der Waals surface area (Å²) in [5.41, 5.74) is 4.04. The molecule has 0 spiro atoms. The normalized spacial score (nSPS) is 23.3. The van der Waals surface area contributed by atoms with Gasteiger partial charge in [-0.25, -0.2) is 19.6 Å². The van der Waals surface area contributed by atoms with Crippen LogP contribution in [-0.2, 0) is 24.8 Å². The number of carbonyl (C=O) groups is 1. The van der Waals surface area contributed by atoms with Crippen LogP contribution in [0.3, 0.4) is 0 Å². The highest BCUT2D eigenvalue weighted by Crippen LogP contribution is 2.48. The van der Waals surface area contributed by atoms with Gasteiger partial charge in [-0.1, -0.05) is 12.1 Å². The van der Waals surface area contributed by atoms with E-state index in [1.54, 1.807) is 10.9 Å². The summed E-state index contributed by atoms with van der Waals surface area (Å²) in [5, 5.41) is 21.3. The van der Waals surface area contributed by atoms with Crippen molar-refractivity contribution in [2.24, 2.45) is 24.8 Å². The molecule has 35 heavy (non-hydrogen) atoms. The Morgan fingerprint density at radius 2 is 2.09 bits per heavy atom. The van der Waals surface area contributed by atoms with E-state index in [1.807, 2.05) is 32.2 Å². The Morgan fingerprint density at radius 3 is 2.86 bits per heavy atom. The van der Waals surface area contributed by atoms with Gasteiger partial charge in [0.25, 0.3) is 0 Å². The fourth-order valence-electron chi connectivity index (χ4n) is 5.54. The molecule has 2 saturated carbocycles. The Hall–Kier alpha value is -3.56. The third-order valence-electron chi connectivity index (χ3n) is 7.39. The minimum Gasteiger partial charge on any atom is -0.489 e. The van der Waals surface area contributed by atoms with Gasteiger partial charge in [-0.15, -0.1) is 5.10 Å². The minimum atomic E-state index is -0.667. The summed E-state index contributed by atoms with van der Waals surface area (Å²) in [6.07, 6.45) is 6.11. The van der Waals surface area contributed by atoms with Crippen molar-refractivity contribution in [3.8, 4) is 17.1 Å². The first kappa shape index (κ1) is 23.2. The quantitative estimate of drug-likeness (QED) is 0.501. The van der Waals surface area contributed by atoms with Crippen molar-refractivity contribution in [3.05, 3.63) is 41.5 Å². The second-order valence-electron chi connectivity index (χ2n) is 9.52. The largest absolute Gasteiger partial charge is 0.489 e. The van der Waals surface area contributed by atoms with Gasteiger partial charge in [0.05, 0.1) is 35.6 Å². The summed E-state index contributed by atoms with van der Waals surface area (Å²) in [6.45, 7) is 4.44. The van der Waals surface area contributed by atoms with Crippen LogP contribution >= 0.6 is 0 Å². The molecule has 3 aromatic heterocycles. The number of anilines is 1. The number of hydrogen-bond acceptors (Lipinski definition) is 8. The Labute approximate surface area is 204 Å². The Morgan fingerprint density at radius 1 is 1.23 bits per heavy atom. The molecule has 184 valence electrons. The third kappa shape index (κ3) is 4.69. The van der Waals surface area contributed by atoms with Gasteiger partial charge in [0, 0.05) is 18.9 Å². The standard InChI is InChI=1S/C25H31N7O3/c1-4-16-9-10-26-25(29-16)27-13-21-23(30-31-32(21)3)20-7-8-22(14(2)28-20)35-17-11-15-5-6-18(24(33)34)19(15)12-17/h7-10,15,17-19H,4-6,11-13H2,1-3H3,(H,33,34)(H,26,27,29). The van der Waals surface area contributed by atoms with Gasteiger partial charge in [0.1, 0.15) is 11.4 Å². The van der Waals surface area contributed by atoms with E-state index in [9.17, 15) is 9.90 Å². The molecular formula is C25H31N7O3. The van der Waals surface area contributed by atoms with Crippen LogP contribution < -0.4 is 10.1 Å². The lowest BCUT2D eigenvalue weighted by Crippen LogP contribution is -2.21. The number of hydrogen-bond donors (Lipinski definition) is 2. The van der Waals surface area contributed by atoms with E-state index in [0.717, 1.165) is 60.6 Å². The summed E-state index contributed by atoms with van der Waals surface area (Å²) < 4.78 is 8.02. The van der Waals surface area contributed by atoms with E-state index in [1.165, 1.54) is 0 Å². The molecule has 2 fully saturated rings. The Balaban J connectivity index is 1.28. The lowest BCUT2D eigenvalue weighted by molar-refractivity contribution is -0.143. The highest BCUT2D eigenvalue weighted by molar-refractivity contribution is 5.71. The van der Waals surface area contributed by atoms with Gasteiger partial charge < -0.3 is 15.2 Å². The molecule has 3 aromatic rings. The molecule has 0 bridgehead atoms. The molecule has 10 nitrogen and oxygen atoms in total. The number of ether oxygens (including phenoxy) is 1. The number of carboxylic acids is 1. The van der Waals surface area contributed by atoms with Crippen LogP contribution in [0.5, 0.6) is 5.75 Å². The van der Waals surface area contributed by atoms with E-state index >= 15 is 0 Å². The molecule has 5 rings (SSSR count). The van der Waals surface area contributed by atoms with E-state index in [2.05, 4.69) is 32.5 Å². The number of aliphatic carboxylic acids is 1. The molecule has 4 atom stereocenters. The first-order valence-corrected chi connectivity index (χ1v) is 12.2. The van der Waals surface area contributed by atoms with Gasteiger partial charge in [0.15, 0.2) is 0 Å². The van der Waals surface area contributed by atoms with Crippen LogP contribution in [0.4, 0.5) is 5.95 Å². The number of nitrogens with zero attached hydrogens (tertiary/aromatic N) is 6. The summed E-state index contributed by atoms with van der Waals surface area (Å²) in [6, 6.07) is 5.74. The van der Waals surface area contributed by atoms with Gasteiger partial charge >= 0.3 is 5.97 Å². The van der Waals surface area contributed by atoms with Crippen molar-refractivity contribution in [2.75, 3.05) is 5.32 Å². The van der Waals surface area contributed by atoms with E-state index in [-0.39, 0.29) is 17.9 Å². The van der Waals surface area contributed by atoms with Gasteiger partial charge in [-0.05, 0) is 69.1 Å². The number of aryl methyl sites for hydroxylation is 3. The smallest absolute Gasteiger partial charge is 0.306 e. The monoisotopic (exact) mass is 477 g/mol. The highest BCUT2D eigenvalue weighted by atomic mass is 16.5. The molecule has 2 aliphatic rings. The number of nitrogens with one attached hydrogen (secondary N) is 1. The molecule has 0 radical (unpaired) electrons. The van der Waals surface area contributed by atoms with Crippen molar-refractivity contribution in [1.82, 2.24) is 29.9 Å². The van der Waals surface area contributed by atoms with Crippen LogP contribution in [0.1, 0.15) is 49.7 Å². The molecule has 10 heteroatoms. The van der Waals surface area contributed by atoms with Crippen molar-refractivity contribution in [2.45, 2.75) is 58.6 Å². The lowest BCUT2D eigenvalue weighted by Gasteiger charge is -2.18. The fourth-order valence-corrected chi connectivity index (χ4v) is 5.54. The van der Waals surface area contributed by atoms with Crippen LogP contribution in [0, 0.1) is 24.7 Å². The molecule has 4 unspecified atom stereocenters. The summed E-state index contributed by atoms with van der Waals surface area (Å²) >= 11 is 0. The second-order valence-corrected chi connectivity index (χ2v) is 9.52. The molecule has 3 heterocycles. The highest BCUT2D eigenvalue weighted by Gasteiger charge is 2.47. The molecule has 0 amide bonds. The van der Waals surface area contributed by atoms with Crippen molar-refractivity contribution < 1.29 is 14.6 Å². The van der Waals surface area contributed by atoms with Crippen molar-refractivity contribution >= 4 is 11.9 Å². The first-order chi connectivity index (χ1) is 16.9. The Bertz CT molecular complexity index is 1230. The third-order valence-corrected chi connectivity index (χ3v) is 7.39. The van der Waals surface area contributed by atoms with Crippen LogP contribution in [0.25, 0.3) is 11.4 Å². The maximum atomic E-state index is 11.5. The average molecular weight is 478 g/mol. The molecule has 2 N–H and O–H groups in total. The van der Waals surface area contributed by atoms with Gasteiger partial charge in [-0.3, -0.25) is 4.79 Å². The second kappa shape index (κ2) is 9.59. The lowest BCUT2D eigenvalue weighted by atomic mass is 9.92. The van der Waals surface area contributed by atoms with E-state index in [0.29, 0.717) is 24.1 Å². The molecular weight excluding hydrogens is 446 g/mol.